The molecule has 1 saturated heterocycles. The first-order chi connectivity index (χ1) is 8.06. The summed E-state index contributed by atoms with van der Waals surface area (Å²) in [6.45, 7) is 5.71. The molecule has 5 heteroatoms. The topological polar surface area (TPSA) is 55.6 Å². The van der Waals surface area contributed by atoms with E-state index in [4.69, 9.17) is 4.74 Å². The maximum atomic E-state index is 10.6. The van der Waals surface area contributed by atoms with Crippen LogP contribution in [-0.4, -0.2) is 30.2 Å². The number of benzene rings is 1. The highest BCUT2D eigenvalue weighted by Crippen LogP contribution is 2.22. The van der Waals surface area contributed by atoms with Gasteiger partial charge in [-0.15, -0.1) is 0 Å². The van der Waals surface area contributed by atoms with E-state index >= 15 is 0 Å². The van der Waals surface area contributed by atoms with Gasteiger partial charge in [0.2, 0.25) is 0 Å². The van der Waals surface area contributed by atoms with E-state index < -0.39 is 0 Å². The fourth-order valence-electron chi connectivity index (χ4n) is 2.17. The molecule has 0 aliphatic carbocycles. The smallest absolute Gasteiger partial charge is 0.269 e. The van der Waals surface area contributed by atoms with Crippen molar-refractivity contribution in [3.8, 4) is 0 Å². The molecular weight excluding hydrogens is 232 g/mol. The molecule has 2 rings (SSSR count). The van der Waals surface area contributed by atoms with Crippen molar-refractivity contribution in [3.05, 3.63) is 34.4 Å². The van der Waals surface area contributed by atoms with Crippen LogP contribution in [0.15, 0.2) is 24.3 Å². The Balaban J connectivity index is 0.00000162. The van der Waals surface area contributed by atoms with Gasteiger partial charge in [-0.3, -0.25) is 10.1 Å². The number of non-ortho nitro benzene ring substituents is 1. The molecule has 0 N–H and O–H groups in total. The van der Waals surface area contributed by atoms with Gasteiger partial charge in [-0.2, -0.15) is 0 Å². The molecule has 1 aromatic rings. The predicted octanol–water partition coefficient (Wildman–Crippen LogP) is 2.84. The van der Waals surface area contributed by atoms with Crippen molar-refractivity contribution in [3.63, 3.8) is 0 Å². The predicted molar refractivity (Wildman–Crippen MR) is 72.0 cm³/mol. The number of nitro groups is 1. The molecule has 100 valence electrons. The first kappa shape index (κ1) is 14.4. The van der Waals surface area contributed by atoms with Crippen LogP contribution in [-0.2, 0) is 4.74 Å². The molecule has 0 bridgehead atoms. The quantitative estimate of drug-likeness (QED) is 0.600. The Kier molecular flexibility index (Phi) is 4.67. The second-order valence-electron chi connectivity index (χ2n) is 4.44. The molecule has 0 spiro atoms. The average Bonchev–Trinajstić information content (AvgIpc) is 2.28. The van der Waals surface area contributed by atoms with E-state index in [9.17, 15) is 10.1 Å². The third-order valence-electron chi connectivity index (χ3n) is 2.85. The van der Waals surface area contributed by atoms with Crippen molar-refractivity contribution in [1.82, 2.24) is 0 Å². The standard InChI is InChI=1S/C12H16N2O3.CH4/c1-9-7-13(8-10(2)17-9)11-3-5-12(6-4-11)14(15)16;/h3-6,9-10H,7-8H2,1-2H3;1H4/t9-,10+;. The highest BCUT2D eigenvalue weighted by molar-refractivity contribution is 5.51. The van der Waals surface area contributed by atoms with E-state index in [1.807, 2.05) is 13.8 Å². The Morgan fingerprint density at radius 3 is 2.17 bits per heavy atom. The summed E-state index contributed by atoms with van der Waals surface area (Å²) in [5, 5.41) is 10.6. The van der Waals surface area contributed by atoms with Crippen LogP contribution in [0.2, 0.25) is 0 Å². The third-order valence-corrected chi connectivity index (χ3v) is 2.85. The number of hydrogen-bond acceptors (Lipinski definition) is 4. The summed E-state index contributed by atoms with van der Waals surface area (Å²) in [5.41, 5.74) is 1.14. The summed E-state index contributed by atoms with van der Waals surface area (Å²) in [7, 11) is 0. The lowest BCUT2D eigenvalue weighted by Crippen LogP contribution is -2.45. The minimum atomic E-state index is -0.381. The Morgan fingerprint density at radius 2 is 1.72 bits per heavy atom. The van der Waals surface area contributed by atoms with Crippen molar-refractivity contribution in [2.24, 2.45) is 0 Å². The van der Waals surface area contributed by atoms with Gasteiger partial charge in [-0.25, -0.2) is 0 Å². The van der Waals surface area contributed by atoms with Crippen LogP contribution in [0.25, 0.3) is 0 Å². The van der Waals surface area contributed by atoms with Gasteiger partial charge in [0.15, 0.2) is 0 Å². The zero-order valence-electron chi connectivity index (χ0n) is 10.00. The number of morpholine rings is 1. The van der Waals surface area contributed by atoms with Gasteiger partial charge in [0.05, 0.1) is 17.1 Å². The molecule has 18 heavy (non-hydrogen) atoms. The lowest BCUT2D eigenvalue weighted by Gasteiger charge is -2.36. The highest BCUT2D eigenvalue weighted by atomic mass is 16.6. The van der Waals surface area contributed by atoms with E-state index in [2.05, 4.69) is 4.90 Å². The van der Waals surface area contributed by atoms with Gasteiger partial charge >= 0.3 is 0 Å². The van der Waals surface area contributed by atoms with Crippen molar-refractivity contribution in [1.29, 1.82) is 0 Å². The number of anilines is 1. The van der Waals surface area contributed by atoms with Crippen LogP contribution in [0.4, 0.5) is 11.4 Å². The van der Waals surface area contributed by atoms with E-state index in [1.54, 1.807) is 24.3 Å². The molecule has 1 fully saturated rings. The van der Waals surface area contributed by atoms with Gasteiger partial charge < -0.3 is 9.64 Å². The molecular formula is C13H20N2O3. The molecule has 1 aromatic carbocycles. The van der Waals surface area contributed by atoms with Crippen LogP contribution in [0, 0.1) is 10.1 Å². The van der Waals surface area contributed by atoms with E-state index in [0.717, 1.165) is 18.8 Å². The Hall–Kier alpha value is -1.62. The van der Waals surface area contributed by atoms with Crippen molar-refractivity contribution in [2.45, 2.75) is 33.5 Å². The second kappa shape index (κ2) is 5.82. The van der Waals surface area contributed by atoms with Crippen LogP contribution in [0.3, 0.4) is 0 Å². The van der Waals surface area contributed by atoms with Gasteiger partial charge in [-0.05, 0) is 26.0 Å². The third kappa shape index (κ3) is 3.20. The summed E-state index contributed by atoms with van der Waals surface area (Å²) in [5.74, 6) is 0. The molecule has 1 aliphatic rings. The molecule has 0 amide bonds. The van der Waals surface area contributed by atoms with Gasteiger partial charge in [0.1, 0.15) is 0 Å². The van der Waals surface area contributed by atoms with Crippen molar-refractivity contribution >= 4 is 11.4 Å². The number of hydrogen-bond donors (Lipinski definition) is 0. The van der Waals surface area contributed by atoms with Gasteiger partial charge in [0, 0.05) is 30.9 Å². The molecule has 2 atom stereocenters. The SMILES string of the molecule is C.C[C@@H]1CN(c2ccc([N+](=O)[O-])cc2)C[C@H](C)O1. The second-order valence-corrected chi connectivity index (χ2v) is 4.44. The minimum absolute atomic E-state index is 0. The maximum absolute atomic E-state index is 10.6. The van der Waals surface area contributed by atoms with Gasteiger partial charge in [0.25, 0.3) is 5.69 Å². The van der Waals surface area contributed by atoms with Crippen LogP contribution < -0.4 is 4.90 Å². The Labute approximate surface area is 108 Å². The fourth-order valence-corrected chi connectivity index (χ4v) is 2.17. The Morgan fingerprint density at radius 1 is 1.22 bits per heavy atom. The number of nitrogens with zero attached hydrogens (tertiary/aromatic N) is 2. The largest absolute Gasteiger partial charge is 0.372 e. The molecule has 0 radical (unpaired) electrons. The molecule has 1 heterocycles. The first-order valence-electron chi connectivity index (χ1n) is 5.71. The van der Waals surface area contributed by atoms with Crippen LogP contribution in [0.5, 0.6) is 0 Å². The summed E-state index contributed by atoms with van der Waals surface area (Å²) in [6.07, 6.45) is 0.378. The number of ether oxygens (including phenoxy) is 1. The first-order valence-corrected chi connectivity index (χ1v) is 5.71. The summed E-state index contributed by atoms with van der Waals surface area (Å²) in [6, 6.07) is 6.67. The minimum Gasteiger partial charge on any atom is -0.372 e. The van der Waals surface area contributed by atoms with E-state index in [-0.39, 0.29) is 30.2 Å². The monoisotopic (exact) mass is 252 g/mol. The molecule has 1 aliphatic heterocycles. The molecule has 0 aromatic heterocycles. The molecule has 5 nitrogen and oxygen atoms in total. The lowest BCUT2D eigenvalue weighted by atomic mass is 10.2. The van der Waals surface area contributed by atoms with Crippen molar-refractivity contribution < 1.29 is 9.66 Å². The van der Waals surface area contributed by atoms with Crippen molar-refractivity contribution in [2.75, 3.05) is 18.0 Å². The summed E-state index contributed by atoms with van der Waals surface area (Å²) in [4.78, 5) is 12.4. The summed E-state index contributed by atoms with van der Waals surface area (Å²) >= 11 is 0. The zero-order valence-corrected chi connectivity index (χ0v) is 10.00. The van der Waals surface area contributed by atoms with E-state index in [0.29, 0.717) is 0 Å². The van der Waals surface area contributed by atoms with Crippen LogP contribution in [0.1, 0.15) is 21.3 Å². The van der Waals surface area contributed by atoms with E-state index in [1.165, 1.54) is 0 Å². The van der Waals surface area contributed by atoms with Gasteiger partial charge in [-0.1, -0.05) is 7.43 Å². The Bertz CT molecular complexity index is 395. The normalized spacial score (nSPS) is 23.3. The highest BCUT2D eigenvalue weighted by Gasteiger charge is 2.22. The lowest BCUT2D eigenvalue weighted by molar-refractivity contribution is -0.384. The maximum Gasteiger partial charge on any atom is 0.269 e. The number of rotatable bonds is 2. The average molecular weight is 252 g/mol. The molecule has 0 unspecified atom stereocenters. The number of nitro benzene ring substituents is 1. The zero-order chi connectivity index (χ0) is 12.4. The fraction of sp³-hybridized carbons (Fsp3) is 0.538. The van der Waals surface area contributed by atoms with Crippen LogP contribution >= 0.6 is 0 Å². The molecule has 0 saturated carbocycles. The summed E-state index contributed by atoms with van der Waals surface area (Å²) < 4.78 is 5.65.